The molecule has 0 aliphatic carbocycles. The maximum atomic E-state index is 13.9. The summed E-state index contributed by atoms with van der Waals surface area (Å²) in [6.07, 6.45) is 0. The number of hydrogen-bond acceptors (Lipinski definition) is 5. The van der Waals surface area contributed by atoms with Crippen molar-refractivity contribution in [2.45, 2.75) is 23.3 Å². The molecule has 1 fully saturated rings. The fraction of sp³-hybridized carbons (Fsp3) is 0.188. The van der Waals surface area contributed by atoms with Gasteiger partial charge in [-0.3, -0.25) is 9.59 Å². The molecule has 2 amide bonds. The van der Waals surface area contributed by atoms with Gasteiger partial charge in [-0.1, -0.05) is 53.5 Å². The Morgan fingerprint density at radius 1 is 0.786 bits per heavy atom. The van der Waals surface area contributed by atoms with E-state index in [4.69, 9.17) is 23.2 Å². The summed E-state index contributed by atoms with van der Waals surface area (Å²) in [6, 6.07) is 23.5. The van der Waals surface area contributed by atoms with Crippen LogP contribution in [-0.4, -0.2) is 51.3 Å². The molecule has 0 bridgehead atoms. The molecule has 0 atom stereocenters. The van der Waals surface area contributed by atoms with E-state index < -0.39 is 15.7 Å². The van der Waals surface area contributed by atoms with Crippen LogP contribution in [0.3, 0.4) is 0 Å². The first kappa shape index (κ1) is 28.3. The number of amides is 2. The maximum absolute atomic E-state index is 13.9. The van der Waals surface area contributed by atoms with E-state index in [1.54, 1.807) is 35.2 Å². The highest BCUT2D eigenvalue weighted by Gasteiger charge is 2.36. The Kier molecular flexibility index (Phi) is 7.47. The van der Waals surface area contributed by atoms with E-state index in [1.807, 2.05) is 31.2 Å². The van der Waals surface area contributed by atoms with Crippen LogP contribution in [0, 0.1) is 6.92 Å². The third kappa shape index (κ3) is 5.15. The van der Waals surface area contributed by atoms with Crippen molar-refractivity contribution < 1.29 is 18.0 Å². The zero-order chi connectivity index (χ0) is 29.6. The number of piperazine rings is 1. The topological polar surface area (TPSA) is 78.0 Å². The second kappa shape index (κ2) is 11.1. The van der Waals surface area contributed by atoms with Crippen LogP contribution in [-0.2, 0) is 16.4 Å². The fourth-order valence-electron chi connectivity index (χ4n) is 5.57. The van der Waals surface area contributed by atoms with Crippen LogP contribution in [0.2, 0.25) is 10.0 Å². The normalized spacial score (nSPS) is 16.1. The molecule has 0 unspecified atom stereocenters. The zero-order valence-corrected chi connectivity index (χ0v) is 25.1. The van der Waals surface area contributed by atoms with E-state index in [0.29, 0.717) is 41.8 Å². The molecule has 42 heavy (non-hydrogen) atoms. The van der Waals surface area contributed by atoms with Gasteiger partial charge in [0.05, 0.1) is 27.6 Å². The third-order valence-corrected chi connectivity index (χ3v) is 10.1. The van der Waals surface area contributed by atoms with Gasteiger partial charge in [0.1, 0.15) is 0 Å². The lowest BCUT2D eigenvalue weighted by molar-refractivity contribution is 0.0746. The summed E-state index contributed by atoms with van der Waals surface area (Å²) >= 11 is 12.4. The first-order valence-electron chi connectivity index (χ1n) is 13.5. The highest BCUT2D eigenvalue weighted by Crippen LogP contribution is 2.38. The average Bonchev–Trinajstić information content (AvgIpc) is 3.06. The Labute approximate surface area is 254 Å². The Morgan fingerprint density at radius 3 is 2.29 bits per heavy atom. The number of benzene rings is 4. The molecule has 1 saturated heterocycles. The number of sulfone groups is 1. The van der Waals surface area contributed by atoms with Crippen LogP contribution in [0.1, 0.15) is 31.8 Å². The molecule has 2 aliphatic heterocycles. The summed E-state index contributed by atoms with van der Waals surface area (Å²) in [5, 5.41) is 1.16. The summed E-state index contributed by atoms with van der Waals surface area (Å²) in [6.45, 7) is 4.32. The van der Waals surface area contributed by atoms with Crippen molar-refractivity contribution in [2.75, 3.05) is 36.0 Å². The number of rotatable bonds is 4. The lowest BCUT2D eigenvalue weighted by atomic mass is 10.1. The Morgan fingerprint density at radius 2 is 1.52 bits per heavy atom. The molecule has 10 heteroatoms. The second-order valence-corrected chi connectivity index (χ2v) is 13.2. The van der Waals surface area contributed by atoms with Gasteiger partial charge in [-0.2, -0.15) is 0 Å². The van der Waals surface area contributed by atoms with Gasteiger partial charge in [-0.15, -0.1) is 0 Å². The molecule has 0 radical (unpaired) electrons. The second-order valence-electron chi connectivity index (χ2n) is 10.4. The molecule has 0 N–H and O–H groups in total. The lowest BCUT2D eigenvalue weighted by Crippen LogP contribution is -2.49. The van der Waals surface area contributed by atoms with Gasteiger partial charge in [0, 0.05) is 47.5 Å². The van der Waals surface area contributed by atoms with Crippen LogP contribution >= 0.6 is 23.2 Å². The van der Waals surface area contributed by atoms with E-state index in [9.17, 15) is 18.0 Å². The van der Waals surface area contributed by atoms with Gasteiger partial charge < -0.3 is 14.7 Å². The molecule has 6 rings (SSSR count). The number of carbonyl (C=O) groups is 2. The maximum Gasteiger partial charge on any atom is 0.259 e. The number of aryl methyl sites for hydroxylation is 1. The number of fused-ring (bicyclic) bond motifs is 2. The number of halogens is 2. The summed E-state index contributed by atoms with van der Waals surface area (Å²) in [7, 11) is -4.05. The van der Waals surface area contributed by atoms with Crippen LogP contribution in [0.5, 0.6) is 0 Å². The van der Waals surface area contributed by atoms with Crippen molar-refractivity contribution in [3.63, 3.8) is 0 Å². The SMILES string of the molecule is Cc1ccc(Cl)cc1N1CCN(C(=O)c2ccc3c(c2)N(Cc2cccc(Cl)c2)C(=O)c2ccccc2S3(=O)=O)CC1. The molecule has 2 heterocycles. The summed E-state index contributed by atoms with van der Waals surface area (Å²) in [5.41, 5.74) is 3.43. The molecule has 4 aromatic carbocycles. The Hall–Kier alpha value is -3.85. The van der Waals surface area contributed by atoms with Gasteiger partial charge in [0.25, 0.3) is 11.8 Å². The lowest BCUT2D eigenvalue weighted by Gasteiger charge is -2.37. The van der Waals surface area contributed by atoms with E-state index in [0.717, 1.165) is 16.8 Å². The minimum absolute atomic E-state index is 0.0272. The first-order valence-corrected chi connectivity index (χ1v) is 15.7. The number of hydrogen-bond donors (Lipinski definition) is 0. The van der Waals surface area contributed by atoms with Crippen molar-refractivity contribution in [1.29, 1.82) is 0 Å². The summed E-state index contributed by atoms with van der Waals surface area (Å²) in [5.74, 6) is -0.697. The molecular formula is C32H27Cl2N3O4S. The minimum Gasteiger partial charge on any atom is -0.368 e. The monoisotopic (exact) mass is 619 g/mol. The molecule has 0 saturated carbocycles. The molecule has 4 aromatic rings. The van der Waals surface area contributed by atoms with E-state index in [-0.39, 0.29) is 33.5 Å². The van der Waals surface area contributed by atoms with Gasteiger partial charge in [0.15, 0.2) is 0 Å². The van der Waals surface area contributed by atoms with Crippen LogP contribution in [0.25, 0.3) is 0 Å². The number of anilines is 2. The predicted molar refractivity (Wildman–Crippen MR) is 165 cm³/mol. The molecule has 2 aliphatic rings. The van der Waals surface area contributed by atoms with Gasteiger partial charge >= 0.3 is 0 Å². The summed E-state index contributed by atoms with van der Waals surface area (Å²) < 4.78 is 27.6. The standard InChI is InChI=1S/C32H27Cl2N3O4S/c1-21-9-11-25(34)19-27(21)35-13-15-36(16-14-35)31(38)23-10-12-30-28(18-23)37(20-22-5-4-6-24(33)17-22)32(39)26-7-2-3-8-29(26)42(30,40)41/h2-12,17-19H,13-16,20H2,1H3. The molecule has 0 spiro atoms. The number of nitrogens with zero attached hydrogens (tertiary/aromatic N) is 3. The average molecular weight is 621 g/mol. The highest BCUT2D eigenvalue weighted by atomic mass is 35.5. The first-order chi connectivity index (χ1) is 20.1. The van der Waals surface area contributed by atoms with Crippen LogP contribution < -0.4 is 9.80 Å². The highest BCUT2D eigenvalue weighted by molar-refractivity contribution is 7.91. The smallest absolute Gasteiger partial charge is 0.259 e. The van der Waals surface area contributed by atoms with Gasteiger partial charge in [-0.05, 0) is 72.6 Å². The third-order valence-electron chi connectivity index (χ3n) is 7.75. The Bertz CT molecular complexity index is 1840. The fourth-order valence-corrected chi connectivity index (χ4v) is 7.58. The Balaban J connectivity index is 1.35. The number of carbonyl (C=O) groups excluding carboxylic acids is 2. The van der Waals surface area contributed by atoms with Gasteiger partial charge in [-0.25, -0.2) is 8.42 Å². The molecule has 0 aromatic heterocycles. The van der Waals surface area contributed by atoms with Crippen molar-refractivity contribution in [3.8, 4) is 0 Å². The van der Waals surface area contributed by atoms with Crippen LogP contribution in [0.15, 0.2) is 94.7 Å². The van der Waals surface area contributed by atoms with Crippen LogP contribution in [0.4, 0.5) is 11.4 Å². The van der Waals surface area contributed by atoms with E-state index >= 15 is 0 Å². The molecular weight excluding hydrogens is 593 g/mol. The van der Waals surface area contributed by atoms with Crippen molar-refractivity contribution in [2.24, 2.45) is 0 Å². The van der Waals surface area contributed by atoms with E-state index in [1.165, 1.54) is 35.2 Å². The predicted octanol–water partition coefficient (Wildman–Crippen LogP) is 6.26. The summed E-state index contributed by atoms with van der Waals surface area (Å²) in [4.78, 5) is 32.9. The van der Waals surface area contributed by atoms with Crippen molar-refractivity contribution >= 4 is 56.2 Å². The molecule has 7 nitrogen and oxygen atoms in total. The van der Waals surface area contributed by atoms with Crippen molar-refractivity contribution in [3.05, 3.63) is 117 Å². The van der Waals surface area contributed by atoms with Gasteiger partial charge in [0.2, 0.25) is 9.84 Å². The quantitative estimate of drug-likeness (QED) is 0.269. The molecule has 214 valence electrons. The largest absolute Gasteiger partial charge is 0.368 e. The minimum atomic E-state index is -4.05. The van der Waals surface area contributed by atoms with E-state index in [2.05, 4.69) is 4.90 Å². The zero-order valence-electron chi connectivity index (χ0n) is 22.8. The van der Waals surface area contributed by atoms with Crippen molar-refractivity contribution in [1.82, 2.24) is 4.90 Å².